The zero-order valence-corrected chi connectivity index (χ0v) is 15.6. The fourth-order valence-electron chi connectivity index (χ4n) is 2.44. The van der Waals surface area contributed by atoms with E-state index < -0.39 is 0 Å². The monoisotopic (exact) mass is 371 g/mol. The van der Waals surface area contributed by atoms with Gasteiger partial charge in [-0.15, -0.1) is 6.58 Å². The third-order valence-electron chi connectivity index (χ3n) is 3.64. The van der Waals surface area contributed by atoms with Gasteiger partial charge in [-0.2, -0.15) is 0 Å². The average Bonchev–Trinajstić information content (AvgIpc) is 3.06. The highest BCUT2D eigenvalue weighted by Gasteiger charge is 2.14. The molecule has 0 spiro atoms. The molecule has 0 atom stereocenters. The first-order valence-electron chi connectivity index (χ1n) is 8.23. The molecule has 6 nitrogen and oxygen atoms in total. The predicted molar refractivity (Wildman–Crippen MR) is 106 cm³/mol. The minimum atomic E-state index is 0.613. The van der Waals surface area contributed by atoms with E-state index in [0.29, 0.717) is 30.3 Å². The summed E-state index contributed by atoms with van der Waals surface area (Å²) in [6, 6.07) is 11.6. The maximum atomic E-state index is 5.64. The van der Waals surface area contributed by atoms with Gasteiger partial charge in [-0.25, -0.2) is 0 Å². The van der Waals surface area contributed by atoms with E-state index in [-0.39, 0.29) is 0 Å². The van der Waals surface area contributed by atoms with Crippen molar-refractivity contribution in [2.75, 3.05) is 30.3 Å². The molecule has 1 aromatic heterocycles. The van der Waals surface area contributed by atoms with E-state index in [0.717, 1.165) is 21.7 Å². The zero-order chi connectivity index (χ0) is 18.4. The van der Waals surface area contributed by atoms with Gasteiger partial charge in [0.2, 0.25) is 0 Å². The van der Waals surface area contributed by atoms with Crippen LogP contribution in [0.3, 0.4) is 0 Å². The van der Waals surface area contributed by atoms with Gasteiger partial charge in [0.15, 0.2) is 11.4 Å². The summed E-state index contributed by atoms with van der Waals surface area (Å²) < 4.78 is 19.8. The molecule has 0 saturated carbocycles. The number of nitrogens with one attached hydrogen (secondary N) is 2. The molecule has 0 radical (unpaired) electrons. The molecule has 0 aliphatic heterocycles. The van der Waals surface area contributed by atoms with Crippen molar-refractivity contribution in [1.29, 1.82) is 0 Å². The van der Waals surface area contributed by atoms with Crippen LogP contribution in [0.1, 0.15) is 6.92 Å². The molecular weight excluding hydrogens is 350 g/mol. The number of fused-ring (bicyclic) bond motifs is 1. The molecular formula is C19H21N3O3S. The zero-order valence-electron chi connectivity index (χ0n) is 14.7. The third-order valence-corrected chi connectivity index (χ3v) is 4.49. The van der Waals surface area contributed by atoms with Crippen molar-refractivity contribution in [3.8, 4) is 11.5 Å². The van der Waals surface area contributed by atoms with Crippen LogP contribution >= 0.6 is 11.9 Å². The van der Waals surface area contributed by atoms with Gasteiger partial charge >= 0.3 is 0 Å². The molecule has 0 aliphatic carbocycles. The fraction of sp³-hybridized carbons (Fsp3) is 0.211. The number of anilines is 2. The van der Waals surface area contributed by atoms with Crippen LogP contribution in [-0.2, 0) is 0 Å². The Morgan fingerprint density at radius 2 is 2.12 bits per heavy atom. The summed E-state index contributed by atoms with van der Waals surface area (Å²) in [4.78, 5) is 0.974. The number of benzene rings is 2. The Balaban J connectivity index is 1.84. The number of ether oxygens (including phenoxy) is 2. The Labute approximate surface area is 156 Å². The number of hydrogen-bond donors (Lipinski definition) is 2. The van der Waals surface area contributed by atoms with Gasteiger partial charge in [0.05, 0.1) is 29.7 Å². The van der Waals surface area contributed by atoms with Crippen LogP contribution in [0.2, 0.25) is 0 Å². The van der Waals surface area contributed by atoms with E-state index in [9.17, 15) is 0 Å². The summed E-state index contributed by atoms with van der Waals surface area (Å²) in [6.45, 7) is 6.91. The van der Waals surface area contributed by atoms with Gasteiger partial charge in [0.1, 0.15) is 11.5 Å². The molecule has 26 heavy (non-hydrogen) atoms. The lowest BCUT2D eigenvalue weighted by molar-refractivity contribution is 0.332. The van der Waals surface area contributed by atoms with E-state index >= 15 is 0 Å². The first-order valence-corrected chi connectivity index (χ1v) is 9.05. The molecule has 0 amide bonds. The Bertz CT molecular complexity index is 895. The van der Waals surface area contributed by atoms with Crippen LogP contribution in [0.4, 0.5) is 11.5 Å². The van der Waals surface area contributed by atoms with Crippen molar-refractivity contribution in [1.82, 2.24) is 5.16 Å². The summed E-state index contributed by atoms with van der Waals surface area (Å²) in [5.74, 6) is 2.17. The Morgan fingerprint density at radius 1 is 1.27 bits per heavy atom. The number of hydrogen-bond acceptors (Lipinski definition) is 7. The molecule has 0 unspecified atom stereocenters. The molecule has 7 heteroatoms. The van der Waals surface area contributed by atoms with E-state index in [1.54, 1.807) is 13.2 Å². The van der Waals surface area contributed by atoms with E-state index in [2.05, 4.69) is 21.8 Å². The van der Waals surface area contributed by atoms with Crippen molar-refractivity contribution in [2.24, 2.45) is 0 Å². The van der Waals surface area contributed by atoms with E-state index in [4.69, 9.17) is 14.0 Å². The number of para-hydroxylation sites is 1. The molecule has 2 aromatic carbocycles. The summed E-state index contributed by atoms with van der Waals surface area (Å²) in [6.07, 6.45) is 1.78. The number of rotatable bonds is 9. The summed E-state index contributed by atoms with van der Waals surface area (Å²) in [5, 5.41) is 8.19. The normalized spacial score (nSPS) is 10.5. The van der Waals surface area contributed by atoms with Crippen LogP contribution in [0.5, 0.6) is 11.5 Å². The van der Waals surface area contributed by atoms with Crippen molar-refractivity contribution in [2.45, 2.75) is 11.8 Å². The van der Waals surface area contributed by atoms with E-state index in [1.165, 1.54) is 11.9 Å². The smallest absolute Gasteiger partial charge is 0.187 e. The van der Waals surface area contributed by atoms with Crippen molar-refractivity contribution >= 4 is 34.4 Å². The van der Waals surface area contributed by atoms with Crippen LogP contribution in [0.25, 0.3) is 11.0 Å². The Morgan fingerprint density at radius 3 is 2.88 bits per heavy atom. The van der Waals surface area contributed by atoms with E-state index in [1.807, 2.05) is 43.3 Å². The molecule has 0 bridgehead atoms. The quantitative estimate of drug-likeness (QED) is 0.407. The molecule has 0 fully saturated rings. The molecule has 3 rings (SSSR count). The van der Waals surface area contributed by atoms with Crippen LogP contribution < -0.4 is 19.5 Å². The first-order chi connectivity index (χ1) is 12.8. The Kier molecular flexibility index (Phi) is 5.91. The lowest BCUT2D eigenvalue weighted by atomic mass is 10.2. The maximum absolute atomic E-state index is 5.64. The molecule has 0 saturated heterocycles. The topological polar surface area (TPSA) is 68.6 Å². The predicted octanol–water partition coefficient (Wildman–Crippen LogP) is 4.95. The summed E-state index contributed by atoms with van der Waals surface area (Å²) >= 11 is 1.42. The summed E-state index contributed by atoms with van der Waals surface area (Å²) in [7, 11) is 1.63. The van der Waals surface area contributed by atoms with Crippen molar-refractivity contribution < 1.29 is 14.0 Å². The number of methoxy groups -OCH3 is 1. The standard InChI is InChI=1S/C19H21N3O3S/c1-4-10-20-14-12-16-13(11-17(14)23-3)19(21-25-16)22-26-18-9-7-6-8-15(18)24-5-2/h4,6-9,11-12,20H,1,5,10H2,2-3H3,(H,21,22). The number of nitrogens with zero attached hydrogens (tertiary/aromatic N) is 1. The van der Waals surface area contributed by atoms with Crippen molar-refractivity contribution in [3.63, 3.8) is 0 Å². The molecule has 0 aliphatic rings. The highest BCUT2D eigenvalue weighted by atomic mass is 32.2. The van der Waals surface area contributed by atoms with Crippen LogP contribution in [0.15, 0.2) is 58.5 Å². The minimum Gasteiger partial charge on any atom is -0.495 e. The van der Waals surface area contributed by atoms with Gasteiger partial charge < -0.3 is 24.0 Å². The second kappa shape index (κ2) is 8.53. The lowest BCUT2D eigenvalue weighted by Gasteiger charge is -2.10. The fourth-order valence-corrected chi connectivity index (χ4v) is 3.17. The largest absolute Gasteiger partial charge is 0.495 e. The maximum Gasteiger partial charge on any atom is 0.187 e. The SMILES string of the molecule is C=CCNc1cc2onc(NSc3ccccc3OCC)c2cc1OC. The number of aromatic nitrogens is 1. The molecule has 136 valence electrons. The van der Waals surface area contributed by atoms with Crippen molar-refractivity contribution in [3.05, 3.63) is 49.1 Å². The molecule has 3 aromatic rings. The van der Waals surface area contributed by atoms with Crippen LogP contribution in [0, 0.1) is 0 Å². The van der Waals surface area contributed by atoms with Gasteiger partial charge in [-0.05, 0) is 37.1 Å². The highest BCUT2D eigenvalue weighted by molar-refractivity contribution is 8.00. The second-order valence-corrected chi connectivity index (χ2v) is 6.18. The molecule has 1 heterocycles. The second-order valence-electron chi connectivity index (χ2n) is 5.33. The minimum absolute atomic E-state index is 0.613. The average molecular weight is 371 g/mol. The van der Waals surface area contributed by atoms with Gasteiger partial charge in [-0.3, -0.25) is 0 Å². The third kappa shape index (κ3) is 3.88. The van der Waals surface area contributed by atoms with Gasteiger partial charge in [-0.1, -0.05) is 23.4 Å². The highest BCUT2D eigenvalue weighted by Crippen LogP contribution is 2.36. The van der Waals surface area contributed by atoms with Gasteiger partial charge in [0.25, 0.3) is 0 Å². The van der Waals surface area contributed by atoms with Gasteiger partial charge in [0, 0.05) is 12.6 Å². The lowest BCUT2D eigenvalue weighted by Crippen LogP contribution is -2.00. The Hall–Kier alpha value is -2.80. The summed E-state index contributed by atoms with van der Waals surface area (Å²) in [5.41, 5.74) is 1.50. The molecule has 2 N–H and O–H groups in total. The van der Waals surface area contributed by atoms with Crippen LogP contribution in [-0.4, -0.2) is 25.4 Å². The first kappa shape index (κ1) is 18.0.